The van der Waals surface area contributed by atoms with Crippen LogP contribution in [0.1, 0.15) is 30.5 Å². The number of aromatic nitrogens is 1. The molecule has 4 heteroatoms. The van der Waals surface area contributed by atoms with E-state index in [4.69, 9.17) is 0 Å². The molecule has 2 atom stereocenters. The molecule has 0 spiro atoms. The standard InChI is InChI=1S/C17H19N3O/c1-12(13-8-10-18-11-9-13)19-16-7-6-14-4-2-3-5-15(14)20-17(16)21/h2-5,8-12,16,19H,6-7H2,1H3,(H,20,21). The van der Waals surface area contributed by atoms with Crippen LogP contribution in [0.2, 0.25) is 0 Å². The summed E-state index contributed by atoms with van der Waals surface area (Å²) < 4.78 is 0. The molecule has 0 saturated heterocycles. The summed E-state index contributed by atoms with van der Waals surface area (Å²) >= 11 is 0. The number of fused-ring (bicyclic) bond motifs is 1. The van der Waals surface area contributed by atoms with E-state index in [0.29, 0.717) is 0 Å². The van der Waals surface area contributed by atoms with Crippen LogP contribution in [0.3, 0.4) is 0 Å². The summed E-state index contributed by atoms with van der Waals surface area (Å²) in [6, 6.07) is 11.9. The van der Waals surface area contributed by atoms with Crippen molar-refractivity contribution in [2.75, 3.05) is 5.32 Å². The van der Waals surface area contributed by atoms with Crippen molar-refractivity contribution in [1.29, 1.82) is 0 Å². The number of hydrogen-bond donors (Lipinski definition) is 2. The Hall–Kier alpha value is -2.20. The van der Waals surface area contributed by atoms with E-state index in [1.165, 1.54) is 5.56 Å². The van der Waals surface area contributed by atoms with Crippen molar-refractivity contribution in [3.05, 3.63) is 59.9 Å². The van der Waals surface area contributed by atoms with Crippen molar-refractivity contribution in [3.63, 3.8) is 0 Å². The fourth-order valence-corrected chi connectivity index (χ4v) is 2.72. The smallest absolute Gasteiger partial charge is 0.241 e. The van der Waals surface area contributed by atoms with Gasteiger partial charge in [0.05, 0.1) is 6.04 Å². The number of pyridine rings is 1. The minimum atomic E-state index is -0.180. The Balaban J connectivity index is 1.71. The Labute approximate surface area is 124 Å². The van der Waals surface area contributed by atoms with E-state index in [0.717, 1.165) is 24.1 Å². The molecule has 2 unspecified atom stereocenters. The first kappa shape index (κ1) is 13.8. The molecule has 2 aromatic rings. The first-order valence-electron chi connectivity index (χ1n) is 7.29. The van der Waals surface area contributed by atoms with Crippen LogP contribution >= 0.6 is 0 Å². The van der Waals surface area contributed by atoms with Crippen LogP contribution in [0.15, 0.2) is 48.8 Å². The van der Waals surface area contributed by atoms with Crippen LogP contribution in [0.4, 0.5) is 5.69 Å². The highest BCUT2D eigenvalue weighted by molar-refractivity contribution is 5.96. The summed E-state index contributed by atoms with van der Waals surface area (Å²) in [5, 5.41) is 6.44. The molecule has 3 rings (SSSR count). The number of rotatable bonds is 3. The summed E-state index contributed by atoms with van der Waals surface area (Å²) in [5.41, 5.74) is 3.27. The van der Waals surface area contributed by atoms with Gasteiger partial charge in [0.25, 0.3) is 0 Å². The molecule has 0 radical (unpaired) electrons. The zero-order chi connectivity index (χ0) is 14.7. The van der Waals surface area contributed by atoms with Crippen LogP contribution < -0.4 is 10.6 Å². The second-order valence-corrected chi connectivity index (χ2v) is 5.41. The Morgan fingerprint density at radius 3 is 2.81 bits per heavy atom. The number of anilines is 1. The van der Waals surface area contributed by atoms with Crippen molar-refractivity contribution in [3.8, 4) is 0 Å². The number of nitrogens with zero attached hydrogens (tertiary/aromatic N) is 1. The third-order valence-corrected chi connectivity index (χ3v) is 3.95. The molecule has 0 bridgehead atoms. The van der Waals surface area contributed by atoms with Gasteiger partial charge in [0, 0.05) is 24.1 Å². The van der Waals surface area contributed by atoms with Gasteiger partial charge in [-0.05, 0) is 49.1 Å². The minimum Gasteiger partial charge on any atom is -0.324 e. The number of para-hydroxylation sites is 1. The monoisotopic (exact) mass is 281 g/mol. The van der Waals surface area contributed by atoms with Gasteiger partial charge >= 0.3 is 0 Å². The van der Waals surface area contributed by atoms with Gasteiger partial charge in [0.2, 0.25) is 5.91 Å². The molecule has 1 amide bonds. The van der Waals surface area contributed by atoms with Gasteiger partial charge in [-0.3, -0.25) is 15.1 Å². The molecule has 2 heterocycles. The molecule has 21 heavy (non-hydrogen) atoms. The quantitative estimate of drug-likeness (QED) is 0.909. The third-order valence-electron chi connectivity index (χ3n) is 3.95. The lowest BCUT2D eigenvalue weighted by Crippen LogP contribution is -2.41. The van der Waals surface area contributed by atoms with Crippen molar-refractivity contribution in [2.24, 2.45) is 0 Å². The molecular weight excluding hydrogens is 262 g/mol. The highest BCUT2D eigenvalue weighted by Crippen LogP contribution is 2.22. The fourth-order valence-electron chi connectivity index (χ4n) is 2.72. The number of aryl methyl sites for hydroxylation is 1. The van der Waals surface area contributed by atoms with E-state index in [1.807, 2.05) is 30.3 Å². The number of amides is 1. The number of carbonyl (C=O) groups is 1. The Kier molecular flexibility index (Phi) is 3.97. The number of benzene rings is 1. The summed E-state index contributed by atoms with van der Waals surface area (Å²) in [6.45, 7) is 2.07. The lowest BCUT2D eigenvalue weighted by Gasteiger charge is -2.21. The van der Waals surface area contributed by atoms with Gasteiger partial charge in [-0.1, -0.05) is 18.2 Å². The van der Waals surface area contributed by atoms with Gasteiger partial charge < -0.3 is 5.32 Å². The normalized spacial score (nSPS) is 19.3. The van der Waals surface area contributed by atoms with E-state index in [2.05, 4.69) is 28.6 Å². The zero-order valence-electron chi connectivity index (χ0n) is 12.0. The topological polar surface area (TPSA) is 54.0 Å². The van der Waals surface area contributed by atoms with Crippen molar-refractivity contribution in [2.45, 2.75) is 31.8 Å². The van der Waals surface area contributed by atoms with Crippen LogP contribution in [0, 0.1) is 0 Å². The maximum atomic E-state index is 12.4. The molecule has 2 N–H and O–H groups in total. The fraction of sp³-hybridized carbons (Fsp3) is 0.294. The maximum absolute atomic E-state index is 12.4. The largest absolute Gasteiger partial charge is 0.324 e. The molecular formula is C17H19N3O. The molecule has 1 aromatic carbocycles. The summed E-state index contributed by atoms with van der Waals surface area (Å²) in [7, 11) is 0. The van der Waals surface area contributed by atoms with E-state index >= 15 is 0 Å². The van der Waals surface area contributed by atoms with E-state index in [1.54, 1.807) is 12.4 Å². The first-order chi connectivity index (χ1) is 10.2. The van der Waals surface area contributed by atoms with Crippen molar-refractivity contribution in [1.82, 2.24) is 10.3 Å². The molecule has 4 nitrogen and oxygen atoms in total. The van der Waals surface area contributed by atoms with Crippen LogP contribution in [0.5, 0.6) is 0 Å². The average Bonchev–Trinajstić information content (AvgIpc) is 2.67. The minimum absolute atomic E-state index is 0.0425. The van der Waals surface area contributed by atoms with Crippen LogP contribution in [0.25, 0.3) is 0 Å². The molecule has 108 valence electrons. The highest BCUT2D eigenvalue weighted by Gasteiger charge is 2.24. The summed E-state index contributed by atoms with van der Waals surface area (Å²) in [5.74, 6) is 0.0425. The zero-order valence-corrected chi connectivity index (χ0v) is 12.0. The maximum Gasteiger partial charge on any atom is 0.241 e. The van der Waals surface area contributed by atoms with E-state index in [9.17, 15) is 4.79 Å². The van der Waals surface area contributed by atoms with Gasteiger partial charge in [-0.25, -0.2) is 0 Å². The summed E-state index contributed by atoms with van der Waals surface area (Å²) in [4.78, 5) is 16.4. The van der Waals surface area contributed by atoms with Crippen LogP contribution in [-0.4, -0.2) is 16.9 Å². The predicted molar refractivity (Wildman–Crippen MR) is 83.0 cm³/mol. The molecule has 0 fully saturated rings. The Morgan fingerprint density at radius 1 is 1.24 bits per heavy atom. The number of carbonyl (C=O) groups excluding carboxylic acids is 1. The van der Waals surface area contributed by atoms with Crippen molar-refractivity contribution < 1.29 is 4.79 Å². The predicted octanol–water partition coefficient (Wildman–Crippen LogP) is 2.69. The molecule has 0 aliphatic carbocycles. The van der Waals surface area contributed by atoms with E-state index in [-0.39, 0.29) is 18.0 Å². The lowest BCUT2D eigenvalue weighted by atomic mass is 10.0. The molecule has 1 aromatic heterocycles. The molecule has 1 aliphatic rings. The lowest BCUT2D eigenvalue weighted by molar-refractivity contribution is -0.118. The second-order valence-electron chi connectivity index (χ2n) is 5.41. The van der Waals surface area contributed by atoms with Gasteiger partial charge in [0.15, 0.2) is 0 Å². The van der Waals surface area contributed by atoms with Gasteiger partial charge in [-0.2, -0.15) is 0 Å². The molecule has 0 saturated carbocycles. The third kappa shape index (κ3) is 3.11. The van der Waals surface area contributed by atoms with Gasteiger partial charge in [0.1, 0.15) is 0 Å². The Bertz CT molecular complexity index is 627. The average molecular weight is 281 g/mol. The first-order valence-corrected chi connectivity index (χ1v) is 7.29. The van der Waals surface area contributed by atoms with Gasteiger partial charge in [-0.15, -0.1) is 0 Å². The summed E-state index contributed by atoms with van der Waals surface area (Å²) in [6.07, 6.45) is 5.25. The second kappa shape index (κ2) is 6.06. The highest BCUT2D eigenvalue weighted by atomic mass is 16.2. The van der Waals surface area contributed by atoms with Crippen LogP contribution in [-0.2, 0) is 11.2 Å². The van der Waals surface area contributed by atoms with E-state index < -0.39 is 0 Å². The Morgan fingerprint density at radius 2 is 2.00 bits per heavy atom. The van der Waals surface area contributed by atoms with Crippen molar-refractivity contribution >= 4 is 11.6 Å². The molecule has 1 aliphatic heterocycles. The number of nitrogens with one attached hydrogen (secondary N) is 2. The number of hydrogen-bond acceptors (Lipinski definition) is 3. The SMILES string of the molecule is CC(NC1CCc2ccccc2NC1=O)c1ccncc1.